The van der Waals surface area contributed by atoms with Crippen LogP contribution < -0.4 is 28.4 Å². The summed E-state index contributed by atoms with van der Waals surface area (Å²) in [6, 6.07) is 79.7. The minimum Gasteiger partial charge on any atom is -0.485 e. The van der Waals surface area contributed by atoms with Crippen LogP contribution in [0.4, 0.5) is 0 Å². The molecule has 0 aliphatic carbocycles. The Kier molecular flexibility index (Phi) is 18.5. The molecular formula is C76H64O14. The van der Waals surface area contributed by atoms with Crippen LogP contribution in [-0.4, -0.2) is 49.3 Å². The first-order valence-corrected chi connectivity index (χ1v) is 29.9. The summed E-state index contributed by atoms with van der Waals surface area (Å²) in [5, 5.41) is 0. The Hall–Kier alpha value is -10.2. The molecule has 90 heavy (non-hydrogen) atoms. The Morgan fingerprint density at radius 1 is 0.333 bits per heavy atom. The van der Waals surface area contributed by atoms with E-state index < -0.39 is 48.9 Å². The van der Waals surface area contributed by atoms with E-state index >= 15 is 9.59 Å². The number of rotatable bonds is 22. The molecule has 0 bridgehead atoms. The first kappa shape index (κ1) is 58.8. The van der Waals surface area contributed by atoms with Crippen molar-refractivity contribution in [3.63, 3.8) is 0 Å². The molecule has 3 aliphatic rings. The van der Waals surface area contributed by atoms with E-state index in [2.05, 4.69) is 0 Å². The first-order valence-electron chi connectivity index (χ1n) is 29.9. The number of carbonyl (C=O) groups excluding carboxylic acids is 2. The van der Waals surface area contributed by atoms with Crippen LogP contribution in [0, 0.1) is 0 Å². The van der Waals surface area contributed by atoms with E-state index in [1.54, 1.807) is 12.1 Å². The van der Waals surface area contributed by atoms with Gasteiger partial charge in [-0.1, -0.05) is 243 Å². The van der Waals surface area contributed by atoms with E-state index in [1.165, 1.54) is 0 Å². The summed E-state index contributed by atoms with van der Waals surface area (Å²) < 4.78 is 82.7. The van der Waals surface area contributed by atoms with Crippen molar-refractivity contribution < 1.29 is 66.4 Å². The fraction of sp³-hybridized carbons (Fsp3) is 0.184. The van der Waals surface area contributed by atoms with Gasteiger partial charge in [-0.05, 0) is 51.1 Å². The van der Waals surface area contributed by atoms with Crippen molar-refractivity contribution in [1.29, 1.82) is 0 Å². The van der Waals surface area contributed by atoms with Gasteiger partial charge in [0.2, 0.25) is 11.5 Å². The second-order valence-electron chi connectivity index (χ2n) is 21.8. The van der Waals surface area contributed by atoms with Gasteiger partial charge < -0.3 is 56.8 Å². The number of carbonyl (C=O) groups is 2. The highest BCUT2D eigenvalue weighted by molar-refractivity contribution is 6.09. The number of esters is 2. The number of hydrogen-bond donors (Lipinski definition) is 0. The molecule has 10 aromatic carbocycles. The molecule has 452 valence electrons. The lowest BCUT2D eigenvalue weighted by atomic mass is 9.90. The van der Waals surface area contributed by atoms with Crippen LogP contribution in [0.15, 0.2) is 255 Å². The second-order valence-corrected chi connectivity index (χ2v) is 21.8. The molecule has 0 amide bonds. The van der Waals surface area contributed by atoms with Crippen molar-refractivity contribution in [3.05, 3.63) is 310 Å². The largest absolute Gasteiger partial charge is 0.485 e. The molecule has 2 saturated heterocycles. The summed E-state index contributed by atoms with van der Waals surface area (Å²) in [5.41, 5.74) is 6.21. The van der Waals surface area contributed by atoms with Crippen LogP contribution >= 0.6 is 0 Å². The molecule has 0 saturated carbocycles. The summed E-state index contributed by atoms with van der Waals surface area (Å²) in [5.74, 6) is -1.31. The SMILES string of the molecule is O=C1O[C@@H]2[C@@H](OC(=O)c3cc(OCc4ccccc4)c(OCc4ccccc4)c(OCc4ccccc4)c3-c3c1cc(OCc1ccccc1)c(OCc1ccccc1)c3OCc1ccccc1)[C@H](OCc1ccccc1)O[C@@H]1CO[C@@H](c3ccccc3)O[C@@H]21. The van der Waals surface area contributed by atoms with E-state index in [-0.39, 0.29) is 110 Å². The summed E-state index contributed by atoms with van der Waals surface area (Å²) in [7, 11) is 0. The average Bonchev–Trinajstić information content (AvgIpc) is 0.829. The monoisotopic (exact) mass is 1200 g/mol. The fourth-order valence-electron chi connectivity index (χ4n) is 11.1. The van der Waals surface area contributed by atoms with Gasteiger partial charge in [0.25, 0.3) is 0 Å². The molecule has 10 aromatic rings. The Balaban J connectivity index is 1.08. The normalized spacial score (nSPS) is 18.4. The van der Waals surface area contributed by atoms with Gasteiger partial charge in [-0.3, -0.25) is 0 Å². The standard InChI is InChI=1S/C76H64O14/c77-73-59-41-61(79-43-51-25-9-1-10-26-51)66(81-45-53-29-13-3-14-30-53)69(83-47-55-33-17-5-18-34-55)64(59)65-60(42-62(80-44-52-27-11-2-12-28-52)67(82-46-54-31-15-4-16-32-54)70(65)84-48-56-35-19-6-20-36-56)74(78)89-72-71(88-73)68-63(50-86-75(90-68)58-39-23-8-24-40-58)87-76(72)85-49-57-37-21-7-22-38-57/h1-42,63,68,71-72,75-76H,43-50H2/t63-,68-,71+,72-,75-,76-/m1/s1. The highest BCUT2D eigenvalue weighted by Gasteiger charge is 2.55. The maximum atomic E-state index is 16.6. The quantitative estimate of drug-likeness (QED) is 0.0593. The molecule has 2 fully saturated rings. The van der Waals surface area contributed by atoms with E-state index in [1.807, 2.05) is 243 Å². The lowest BCUT2D eigenvalue weighted by Gasteiger charge is -2.48. The predicted molar refractivity (Wildman–Crippen MR) is 335 cm³/mol. The summed E-state index contributed by atoms with van der Waals surface area (Å²) in [6.45, 7) is 0.0508. The van der Waals surface area contributed by atoms with Crippen molar-refractivity contribution in [2.24, 2.45) is 0 Å². The van der Waals surface area contributed by atoms with Crippen LogP contribution in [0.1, 0.15) is 71.5 Å². The second kappa shape index (κ2) is 28.3. The van der Waals surface area contributed by atoms with Gasteiger partial charge in [0.1, 0.15) is 51.8 Å². The minimum atomic E-state index is -1.48. The molecule has 3 aliphatic heterocycles. The zero-order chi connectivity index (χ0) is 60.9. The number of fused-ring (bicyclic) bond motifs is 6. The van der Waals surface area contributed by atoms with E-state index in [4.69, 9.17) is 56.8 Å². The fourth-order valence-corrected chi connectivity index (χ4v) is 11.1. The van der Waals surface area contributed by atoms with Crippen molar-refractivity contribution in [1.82, 2.24) is 0 Å². The van der Waals surface area contributed by atoms with E-state index in [0.29, 0.717) is 5.56 Å². The van der Waals surface area contributed by atoms with Crippen molar-refractivity contribution in [2.45, 2.75) is 83.2 Å². The van der Waals surface area contributed by atoms with Crippen LogP contribution in [0.25, 0.3) is 11.1 Å². The van der Waals surface area contributed by atoms with Gasteiger partial charge in [0, 0.05) is 16.7 Å². The van der Waals surface area contributed by atoms with E-state index in [9.17, 15) is 0 Å². The summed E-state index contributed by atoms with van der Waals surface area (Å²) in [4.78, 5) is 33.1. The molecule has 13 rings (SSSR count). The molecule has 0 spiro atoms. The smallest absolute Gasteiger partial charge is 0.339 e. The van der Waals surface area contributed by atoms with Gasteiger partial charge in [0.05, 0.1) is 24.3 Å². The van der Waals surface area contributed by atoms with Crippen molar-refractivity contribution in [3.8, 4) is 45.6 Å². The molecule has 14 heteroatoms. The highest BCUT2D eigenvalue weighted by atomic mass is 16.8. The minimum absolute atomic E-state index is 0.00337. The van der Waals surface area contributed by atoms with Crippen molar-refractivity contribution >= 4 is 11.9 Å². The third-order valence-corrected chi connectivity index (χ3v) is 15.6. The van der Waals surface area contributed by atoms with Gasteiger partial charge in [-0.25, -0.2) is 9.59 Å². The first-order chi connectivity index (χ1) is 44.5. The number of hydrogen-bond acceptors (Lipinski definition) is 14. The molecule has 6 atom stereocenters. The maximum absolute atomic E-state index is 16.6. The lowest BCUT2D eigenvalue weighted by molar-refractivity contribution is -0.361. The van der Waals surface area contributed by atoms with Gasteiger partial charge in [-0.2, -0.15) is 0 Å². The molecule has 0 unspecified atom stereocenters. The van der Waals surface area contributed by atoms with Crippen LogP contribution in [0.5, 0.6) is 34.5 Å². The van der Waals surface area contributed by atoms with E-state index in [0.717, 1.165) is 38.9 Å². The summed E-state index contributed by atoms with van der Waals surface area (Å²) in [6.07, 6.45) is -7.16. The van der Waals surface area contributed by atoms with Gasteiger partial charge >= 0.3 is 11.9 Å². The molecule has 14 nitrogen and oxygen atoms in total. The highest BCUT2D eigenvalue weighted by Crippen LogP contribution is 2.56. The van der Waals surface area contributed by atoms with Crippen LogP contribution in [0.3, 0.4) is 0 Å². The van der Waals surface area contributed by atoms with Crippen LogP contribution in [-0.2, 0) is 74.7 Å². The number of benzene rings is 10. The Morgan fingerprint density at radius 3 is 1.03 bits per heavy atom. The molecular weight excluding hydrogens is 1140 g/mol. The topological polar surface area (TPSA) is 145 Å². The Bertz CT molecular complexity index is 3980. The zero-order valence-electron chi connectivity index (χ0n) is 49.1. The van der Waals surface area contributed by atoms with Crippen LogP contribution in [0.2, 0.25) is 0 Å². The molecule has 0 N–H and O–H groups in total. The average molecular weight is 1200 g/mol. The Morgan fingerprint density at radius 2 is 0.656 bits per heavy atom. The van der Waals surface area contributed by atoms with Gasteiger partial charge in [-0.15, -0.1) is 0 Å². The maximum Gasteiger partial charge on any atom is 0.339 e. The molecule has 3 heterocycles. The third kappa shape index (κ3) is 13.9. The van der Waals surface area contributed by atoms with Crippen molar-refractivity contribution in [2.75, 3.05) is 6.61 Å². The zero-order valence-corrected chi connectivity index (χ0v) is 49.1. The molecule has 0 radical (unpaired) electrons. The number of ether oxygens (including phenoxy) is 12. The third-order valence-electron chi connectivity index (χ3n) is 15.6. The summed E-state index contributed by atoms with van der Waals surface area (Å²) >= 11 is 0. The predicted octanol–water partition coefficient (Wildman–Crippen LogP) is 14.9. The van der Waals surface area contributed by atoms with Gasteiger partial charge in [0.15, 0.2) is 47.8 Å². The molecule has 0 aromatic heterocycles. The lowest BCUT2D eigenvalue weighted by Crippen LogP contribution is -2.64. The Labute approximate surface area is 521 Å².